The molecular weight excluding hydrogens is 460 g/mol. The number of carboxylic acids is 2. The maximum Gasteiger partial charge on any atom is 0.335 e. The number of hydrogen-bond acceptors (Lipinski definition) is 6. The molecule has 0 atom stereocenters. The first-order valence-corrected chi connectivity index (χ1v) is 10.9. The van der Waals surface area contributed by atoms with Crippen LogP contribution in [0.1, 0.15) is 52.6 Å². The number of ketones is 2. The second-order valence-corrected chi connectivity index (χ2v) is 8.13. The zero-order valence-corrected chi connectivity index (χ0v) is 18.6. The summed E-state index contributed by atoms with van der Waals surface area (Å²) in [6, 6.07) is 22.0. The molecule has 0 spiro atoms. The quantitative estimate of drug-likeness (QED) is 0.257. The highest BCUT2D eigenvalue weighted by atomic mass is 16.4. The molecule has 0 bridgehead atoms. The van der Waals surface area contributed by atoms with Gasteiger partial charge >= 0.3 is 11.9 Å². The summed E-state index contributed by atoms with van der Waals surface area (Å²) < 4.78 is 0. The number of aromatic carboxylic acids is 2. The molecule has 4 aromatic carbocycles. The highest BCUT2D eigenvalue weighted by Crippen LogP contribution is 2.37. The van der Waals surface area contributed by atoms with Gasteiger partial charge in [0.25, 0.3) is 0 Å². The average Bonchev–Trinajstić information content (AvgIpc) is 2.88. The van der Waals surface area contributed by atoms with Crippen molar-refractivity contribution in [1.82, 2.24) is 0 Å². The molecule has 0 saturated carbocycles. The minimum atomic E-state index is -1.04. The Labute approximate surface area is 204 Å². The van der Waals surface area contributed by atoms with Gasteiger partial charge in [-0.05, 0) is 60.7 Å². The second kappa shape index (κ2) is 8.84. The van der Waals surface area contributed by atoms with Crippen LogP contribution in [-0.2, 0) is 0 Å². The molecule has 1 aliphatic carbocycles. The maximum absolute atomic E-state index is 13.6. The van der Waals surface area contributed by atoms with Crippen LogP contribution < -0.4 is 10.6 Å². The number of carbonyl (C=O) groups excluding carboxylic acids is 2. The molecule has 0 aliphatic heterocycles. The van der Waals surface area contributed by atoms with Gasteiger partial charge in [0.15, 0.2) is 11.6 Å². The number of fused-ring (bicyclic) bond motifs is 2. The van der Waals surface area contributed by atoms with E-state index in [2.05, 4.69) is 10.6 Å². The standard InChI is InChI=1S/C28H18N2O6/c31-25-19-3-1-5-21(29-17-11-7-15(8-12-17)27(33)34)23(19)26(32)20-4-2-6-22(24(20)25)30-18-13-9-16(10-14-18)28(35)36/h1-14,29-30H,(H,33,34)(H,35,36). The number of anilines is 4. The molecular formula is C28H18N2O6. The van der Waals surface area contributed by atoms with Gasteiger partial charge < -0.3 is 20.8 Å². The summed E-state index contributed by atoms with van der Waals surface area (Å²) in [6.45, 7) is 0. The van der Waals surface area contributed by atoms with Crippen molar-refractivity contribution in [3.8, 4) is 0 Å². The van der Waals surface area contributed by atoms with Gasteiger partial charge in [-0.25, -0.2) is 9.59 Å². The zero-order valence-electron chi connectivity index (χ0n) is 18.6. The van der Waals surface area contributed by atoms with Gasteiger partial charge in [0.1, 0.15) is 0 Å². The van der Waals surface area contributed by atoms with Crippen molar-refractivity contribution < 1.29 is 29.4 Å². The molecule has 0 saturated heterocycles. The number of benzene rings is 4. The Bertz CT molecular complexity index is 1440. The molecule has 8 heteroatoms. The van der Waals surface area contributed by atoms with Crippen LogP contribution in [0.15, 0.2) is 84.9 Å². The minimum absolute atomic E-state index is 0.133. The summed E-state index contributed by atoms with van der Waals surface area (Å²) in [5.74, 6) is -2.74. The van der Waals surface area contributed by atoms with Crippen LogP contribution in [0, 0.1) is 0 Å². The van der Waals surface area contributed by atoms with Gasteiger partial charge in [0, 0.05) is 22.5 Å². The summed E-state index contributed by atoms with van der Waals surface area (Å²) in [7, 11) is 0. The van der Waals surface area contributed by atoms with Gasteiger partial charge in [-0.15, -0.1) is 0 Å². The van der Waals surface area contributed by atoms with Crippen molar-refractivity contribution in [2.75, 3.05) is 10.6 Å². The SMILES string of the molecule is O=C(O)c1ccc(Nc2cccc3c2C(=O)c2cccc(Nc4ccc(C(=O)O)cc4)c2C3=O)cc1. The monoisotopic (exact) mass is 478 g/mol. The third-order valence-electron chi connectivity index (χ3n) is 5.89. The predicted molar refractivity (Wildman–Crippen MR) is 133 cm³/mol. The van der Waals surface area contributed by atoms with Crippen molar-refractivity contribution in [1.29, 1.82) is 0 Å². The fraction of sp³-hybridized carbons (Fsp3) is 0. The summed E-state index contributed by atoms with van der Waals surface area (Å²) in [4.78, 5) is 49.4. The third kappa shape index (κ3) is 3.97. The van der Waals surface area contributed by atoms with E-state index in [0.29, 0.717) is 22.7 Å². The van der Waals surface area contributed by atoms with E-state index in [9.17, 15) is 19.2 Å². The van der Waals surface area contributed by atoms with Crippen molar-refractivity contribution in [3.63, 3.8) is 0 Å². The Balaban J connectivity index is 1.50. The first-order valence-electron chi connectivity index (χ1n) is 10.9. The molecule has 0 radical (unpaired) electrons. The molecule has 0 heterocycles. The van der Waals surface area contributed by atoms with E-state index in [4.69, 9.17) is 10.2 Å². The van der Waals surface area contributed by atoms with E-state index in [1.165, 1.54) is 24.3 Å². The Morgan fingerprint density at radius 2 is 0.889 bits per heavy atom. The number of carboxylic acid groups (broad SMARTS) is 2. The van der Waals surface area contributed by atoms with E-state index in [1.54, 1.807) is 60.7 Å². The van der Waals surface area contributed by atoms with Crippen LogP contribution in [0.4, 0.5) is 22.7 Å². The Morgan fingerprint density at radius 3 is 1.22 bits per heavy atom. The Hall–Kier alpha value is -5.24. The minimum Gasteiger partial charge on any atom is -0.478 e. The lowest BCUT2D eigenvalue weighted by molar-refractivity contribution is 0.0686. The summed E-state index contributed by atoms with van der Waals surface area (Å²) in [5, 5.41) is 24.4. The van der Waals surface area contributed by atoms with Crippen LogP contribution in [0.3, 0.4) is 0 Å². The van der Waals surface area contributed by atoms with Crippen molar-refractivity contribution in [2.24, 2.45) is 0 Å². The zero-order chi connectivity index (χ0) is 25.4. The van der Waals surface area contributed by atoms with Crippen LogP contribution in [0.5, 0.6) is 0 Å². The molecule has 0 aromatic heterocycles. The second-order valence-electron chi connectivity index (χ2n) is 8.13. The van der Waals surface area contributed by atoms with Crippen LogP contribution in [-0.4, -0.2) is 33.7 Å². The van der Waals surface area contributed by atoms with Crippen molar-refractivity contribution in [2.45, 2.75) is 0 Å². The number of nitrogens with one attached hydrogen (secondary N) is 2. The highest BCUT2D eigenvalue weighted by molar-refractivity contribution is 6.32. The van der Waals surface area contributed by atoms with E-state index < -0.39 is 11.9 Å². The summed E-state index contributed by atoms with van der Waals surface area (Å²) in [6.07, 6.45) is 0. The third-order valence-corrected chi connectivity index (χ3v) is 5.89. The average molecular weight is 478 g/mol. The molecule has 8 nitrogen and oxygen atoms in total. The fourth-order valence-corrected chi connectivity index (χ4v) is 4.15. The topological polar surface area (TPSA) is 133 Å². The van der Waals surface area contributed by atoms with Gasteiger partial charge in [0.05, 0.1) is 33.6 Å². The van der Waals surface area contributed by atoms with E-state index in [0.717, 1.165) is 0 Å². The summed E-state index contributed by atoms with van der Waals surface area (Å²) >= 11 is 0. The van der Waals surface area contributed by atoms with Crippen molar-refractivity contribution in [3.05, 3.63) is 118 Å². The van der Waals surface area contributed by atoms with Crippen LogP contribution >= 0.6 is 0 Å². The lowest BCUT2D eigenvalue weighted by Crippen LogP contribution is -2.23. The largest absolute Gasteiger partial charge is 0.478 e. The van der Waals surface area contributed by atoms with E-state index in [-0.39, 0.29) is 44.9 Å². The lowest BCUT2D eigenvalue weighted by atomic mass is 9.82. The fourth-order valence-electron chi connectivity index (χ4n) is 4.15. The maximum atomic E-state index is 13.6. The number of carbonyl (C=O) groups is 4. The molecule has 1 aliphatic rings. The Kier molecular flexibility index (Phi) is 5.54. The summed E-state index contributed by atoms with van der Waals surface area (Å²) in [5.41, 5.74) is 3.23. The number of rotatable bonds is 6. The molecule has 4 N–H and O–H groups in total. The Morgan fingerprint density at radius 1 is 0.528 bits per heavy atom. The molecule has 0 fully saturated rings. The molecule has 36 heavy (non-hydrogen) atoms. The van der Waals surface area contributed by atoms with Gasteiger partial charge in [0.2, 0.25) is 0 Å². The lowest BCUT2D eigenvalue weighted by Gasteiger charge is -2.23. The molecule has 0 unspecified atom stereocenters. The van der Waals surface area contributed by atoms with Crippen LogP contribution in [0.25, 0.3) is 0 Å². The molecule has 5 rings (SSSR count). The predicted octanol–water partition coefficient (Wildman–Crippen LogP) is 5.35. The molecule has 4 aromatic rings. The van der Waals surface area contributed by atoms with Gasteiger partial charge in [-0.2, -0.15) is 0 Å². The first-order chi connectivity index (χ1) is 17.3. The van der Waals surface area contributed by atoms with Crippen molar-refractivity contribution >= 4 is 46.3 Å². The van der Waals surface area contributed by atoms with Gasteiger partial charge in [-0.1, -0.05) is 24.3 Å². The number of hydrogen-bond donors (Lipinski definition) is 4. The molecule has 176 valence electrons. The molecule has 0 amide bonds. The van der Waals surface area contributed by atoms with E-state index >= 15 is 0 Å². The van der Waals surface area contributed by atoms with Crippen LogP contribution in [0.2, 0.25) is 0 Å². The van der Waals surface area contributed by atoms with E-state index in [1.807, 2.05) is 0 Å². The normalized spacial score (nSPS) is 11.9. The highest BCUT2D eigenvalue weighted by Gasteiger charge is 2.33. The smallest absolute Gasteiger partial charge is 0.335 e. The van der Waals surface area contributed by atoms with Gasteiger partial charge in [-0.3, -0.25) is 9.59 Å². The first kappa shape index (κ1) is 22.5.